The maximum atomic E-state index is 11.2. The normalized spacial score (nSPS) is 9.53. The van der Waals surface area contributed by atoms with Gasteiger partial charge in [-0.25, -0.2) is 0 Å². The Morgan fingerprint density at radius 3 is 2.53 bits per heavy atom. The molecule has 0 unspecified atom stereocenters. The molecule has 0 heterocycles. The van der Waals surface area contributed by atoms with Crippen LogP contribution in [0.25, 0.3) is 0 Å². The molecule has 0 spiro atoms. The van der Waals surface area contributed by atoms with Gasteiger partial charge in [-0.05, 0) is 36.3 Å². The fourth-order valence-electron chi connectivity index (χ4n) is 1.37. The van der Waals surface area contributed by atoms with Crippen LogP contribution in [0, 0.1) is 0 Å². The van der Waals surface area contributed by atoms with Crippen LogP contribution < -0.4 is 16.2 Å². The molecular weight excluding hydrogens is 262 g/mol. The van der Waals surface area contributed by atoms with Crippen LogP contribution in [0.2, 0.25) is 0 Å². The predicted octanol–water partition coefficient (Wildman–Crippen LogP) is 1.55. The molecule has 19 heavy (non-hydrogen) atoms. The second-order valence-electron chi connectivity index (χ2n) is 3.88. The summed E-state index contributed by atoms with van der Waals surface area (Å²) in [5, 5.41) is 3.24. The van der Waals surface area contributed by atoms with E-state index in [1.54, 1.807) is 0 Å². The van der Waals surface area contributed by atoms with E-state index in [2.05, 4.69) is 23.1 Å². The Morgan fingerprint density at radius 1 is 1.26 bits per heavy atom. The highest BCUT2D eigenvalue weighted by atomic mass is 32.1. The van der Waals surface area contributed by atoms with Crippen LogP contribution in [0.5, 0.6) is 0 Å². The minimum atomic E-state index is -0.280. The first-order valence-electron chi connectivity index (χ1n) is 6.04. The van der Waals surface area contributed by atoms with E-state index in [4.69, 9.17) is 12.2 Å². The number of amides is 1. The van der Waals surface area contributed by atoms with Crippen molar-refractivity contribution in [3.05, 3.63) is 29.8 Å². The lowest BCUT2D eigenvalue weighted by atomic mass is 10.1. The first-order chi connectivity index (χ1) is 9.15. The van der Waals surface area contributed by atoms with E-state index in [0.717, 1.165) is 12.1 Å². The Balaban J connectivity index is 2.34. The van der Waals surface area contributed by atoms with Gasteiger partial charge in [-0.15, -0.1) is 0 Å². The molecule has 6 heteroatoms. The van der Waals surface area contributed by atoms with E-state index in [-0.39, 0.29) is 18.7 Å². The minimum absolute atomic E-state index is 0.143. The van der Waals surface area contributed by atoms with Crippen LogP contribution in [0.3, 0.4) is 0 Å². The van der Waals surface area contributed by atoms with E-state index >= 15 is 0 Å². The van der Waals surface area contributed by atoms with Crippen molar-refractivity contribution >= 4 is 35.2 Å². The number of hydrazine groups is 1. The molecule has 1 aromatic carbocycles. The number of carbonyl (C=O) groups excluding carboxylic acids is 2. The largest absolute Gasteiger partial charge is 0.331 e. The first kappa shape index (κ1) is 15.1. The van der Waals surface area contributed by atoms with Crippen molar-refractivity contribution in [1.82, 2.24) is 10.9 Å². The summed E-state index contributed by atoms with van der Waals surface area (Å²) in [6.07, 6.45) is 2.03. The molecule has 1 amide bonds. The quantitative estimate of drug-likeness (QED) is 0.433. The van der Waals surface area contributed by atoms with Crippen molar-refractivity contribution < 1.29 is 9.59 Å². The van der Waals surface area contributed by atoms with Gasteiger partial charge in [-0.2, -0.15) is 0 Å². The van der Waals surface area contributed by atoms with Crippen molar-refractivity contribution in [2.45, 2.75) is 26.2 Å². The van der Waals surface area contributed by atoms with Crippen molar-refractivity contribution in [2.24, 2.45) is 0 Å². The number of thiocarbonyl (C=S) groups is 1. The van der Waals surface area contributed by atoms with Crippen LogP contribution in [0.4, 0.5) is 5.69 Å². The lowest BCUT2D eigenvalue weighted by molar-refractivity contribution is -0.123. The molecule has 0 radical (unpaired) electrons. The summed E-state index contributed by atoms with van der Waals surface area (Å²) < 4.78 is 0. The number of nitrogens with one attached hydrogen (secondary N) is 3. The summed E-state index contributed by atoms with van der Waals surface area (Å²) in [6.45, 7) is 2.09. The SMILES string of the molecule is CCc1ccc(NC(=S)NNC(=O)CCC=O)cc1. The maximum absolute atomic E-state index is 11.2. The summed E-state index contributed by atoms with van der Waals surface area (Å²) in [4.78, 5) is 21.3. The van der Waals surface area contributed by atoms with Gasteiger partial charge in [-0.3, -0.25) is 15.6 Å². The van der Waals surface area contributed by atoms with Gasteiger partial charge >= 0.3 is 0 Å². The molecule has 0 saturated carbocycles. The average Bonchev–Trinajstić information content (AvgIpc) is 2.43. The molecule has 102 valence electrons. The number of aryl methyl sites for hydroxylation is 1. The highest BCUT2D eigenvalue weighted by Gasteiger charge is 2.01. The van der Waals surface area contributed by atoms with Crippen LogP contribution in [-0.2, 0) is 16.0 Å². The molecule has 0 aliphatic heterocycles. The molecule has 1 aromatic rings. The Labute approximate surface area is 117 Å². The van der Waals surface area contributed by atoms with Crippen LogP contribution in [0.1, 0.15) is 25.3 Å². The van der Waals surface area contributed by atoms with Crippen LogP contribution in [-0.4, -0.2) is 17.3 Å². The van der Waals surface area contributed by atoms with Crippen molar-refractivity contribution in [3.8, 4) is 0 Å². The summed E-state index contributed by atoms with van der Waals surface area (Å²) in [5.41, 5.74) is 7.07. The molecule has 0 aliphatic rings. The lowest BCUT2D eigenvalue weighted by Crippen LogP contribution is -2.43. The number of aldehydes is 1. The molecule has 0 bridgehead atoms. The van der Waals surface area contributed by atoms with Crippen molar-refractivity contribution in [2.75, 3.05) is 5.32 Å². The summed E-state index contributed by atoms with van der Waals surface area (Å²) >= 11 is 5.02. The van der Waals surface area contributed by atoms with E-state index in [1.165, 1.54) is 5.56 Å². The Hall–Kier alpha value is -1.95. The number of hydrogen-bond acceptors (Lipinski definition) is 3. The third kappa shape index (κ3) is 5.96. The molecule has 0 aromatic heterocycles. The van der Waals surface area contributed by atoms with Gasteiger partial charge in [0.2, 0.25) is 5.91 Å². The standard InChI is InChI=1S/C13H17N3O2S/c1-2-10-5-7-11(8-6-10)14-13(19)16-15-12(18)4-3-9-17/h5-9H,2-4H2,1H3,(H,15,18)(H2,14,16,19). The second-order valence-corrected chi connectivity index (χ2v) is 4.29. The zero-order chi connectivity index (χ0) is 14.1. The highest BCUT2D eigenvalue weighted by molar-refractivity contribution is 7.80. The number of rotatable bonds is 5. The van der Waals surface area contributed by atoms with E-state index in [1.807, 2.05) is 24.3 Å². The first-order valence-corrected chi connectivity index (χ1v) is 6.45. The number of hydrogen-bond donors (Lipinski definition) is 3. The Morgan fingerprint density at radius 2 is 1.95 bits per heavy atom. The Bertz CT molecular complexity index is 446. The third-order valence-corrected chi connectivity index (χ3v) is 2.63. The molecular formula is C13H17N3O2S. The number of carbonyl (C=O) groups is 2. The Kier molecular flexibility index (Phi) is 6.52. The molecule has 3 N–H and O–H groups in total. The van der Waals surface area contributed by atoms with Gasteiger partial charge in [0.05, 0.1) is 0 Å². The van der Waals surface area contributed by atoms with Gasteiger partial charge in [0, 0.05) is 18.5 Å². The summed E-state index contributed by atoms with van der Waals surface area (Å²) in [7, 11) is 0. The topological polar surface area (TPSA) is 70.2 Å². The maximum Gasteiger partial charge on any atom is 0.238 e. The summed E-state index contributed by atoms with van der Waals surface area (Å²) in [6, 6.07) is 7.85. The number of anilines is 1. The smallest absolute Gasteiger partial charge is 0.238 e. The van der Waals surface area contributed by atoms with Gasteiger partial charge in [0.1, 0.15) is 6.29 Å². The fraction of sp³-hybridized carbons (Fsp3) is 0.308. The minimum Gasteiger partial charge on any atom is -0.331 e. The van der Waals surface area contributed by atoms with E-state index < -0.39 is 0 Å². The molecule has 0 atom stereocenters. The van der Waals surface area contributed by atoms with Gasteiger partial charge in [0.15, 0.2) is 5.11 Å². The monoisotopic (exact) mass is 279 g/mol. The van der Waals surface area contributed by atoms with Gasteiger partial charge in [0.25, 0.3) is 0 Å². The average molecular weight is 279 g/mol. The van der Waals surface area contributed by atoms with Crippen LogP contribution in [0.15, 0.2) is 24.3 Å². The lowest BCUT2D eigenvalue weighted by Gasteiger charge is -2.11. The molecule has 5 nitrogen and oxygen atoms in total. The van der Waals surface area contributed by atoms with Crippen molar-refractivity contribution in [1.29, 1.82) is 0 Å². The molecule has 0 aliphatic carbocycles. The zero-order valence-electron chi connectivity index (χ0n) is 10.7. The van der Waals surface area contributed by atoms with Crippen molar-refractivity contribution in [3.63, 3.8) is 0 Å². The molecule has 0 fully saturated rings. The highest BCUT2D eigenvalue weighted by Crippen LogP contribution is 2.09. The predicted molar refractivity (Wildman–Crippen MR) is 78.6 cm³/mol. The van der Waals surface area contributed by atoms with E-state index in [9.17, 15) is 9.59 Å². The molecule has 0 saturated heterocycles. The fourth-order valence-corrected chi connectivity index (χ4v) is 1.53. The van der Waals surface area contributed by atoms with Gasteiger partial charge < -0.3 is 10.1 Å². The second kappa shape index (κ2) is 8.20. The van der Waals surface area contributed by atoms with Gasteiger partial charge in [-0.1, -0.05) is 19.1 Å². The summed E-state index contributed by atoms with van der Waals surface area (Å²) in [5.74, 6) is -0.280. The van der Waals surface area contributed by atoms with E-state index in [0.29, 0.717) is 11.4 Å². The van der Waals surface area contributed by atoms with Crippen LogP contribution >= 0.6 is 12.2 Å². The zero-order valence-corrected chi connectivity index (χ0v) is 11.5. The third-order valence-electron chi connectivity index (χ3n) is 2.42. The molecule has 1 rings (SSSR count). The number of benzene rings is 1.